The van der Waals surface area contributed by atoms with E-state index in [1.54, 1.807) is 0 Å². The zero-order valence-corrected chi connectivity index (χ0v) is 32.6. The van der Waals surface area contributed by atoms with Gasteiger partial charge in [-0.15, -0.1) is 0 Å². The van der Waals surface area contributed by atoms with Crippen molar-refractivity contribution in [3.8, 4) is 0 Å². The average molecular weight is 643 g/mol. The first-order valence-electron chi connectivity index (χ1n) is 19.0. The first kappa shape index (κ1) is 48.2. The fourth-order valence-corrected chi connectivity index (χ4v) is 6.20. The van der Waals surface area contributed by atoms with Crippen LogP contribution in [0.25, 0.3) is 0 Å². The topological polar surface area (TPSA) is 57.2 Å². The molecule has 0 amide bonds. The number of rotatable bonds is 34. The zero-order chi connectivity index (χ0) is 31.2. The molecular weight excluding hydrogens is 566 g/mol. The molecule has 0 aromatic carbocycles. The predicted molar refractivity (Wildman–Crippen MR) is 184 cm³/mol. The number of hydrogen-bond donors (Lipinski definition) is 0. The van der Waals surface area contributed by atoms with Crippen LogP contribution in [0.5, 0.6) is 0 Å². The summed E-state index contributed by atoms with van der Waals surface area (Å²) >= 11 is 0. The van der Waals surface area contributed by atoms with Crippen molar-refractivity contribution in [2.24, 2.45) is 0 Å². The fourth-order valence-electron chi connectivity index (χ4n) is 5.65. The van der Waals surface area contributed by atoms with Gasteiger partial charge >= 0.3 is 29.6 Å². The molecule has 0 aliphatic heterocycles. The standard InChI is InChI=1S/C25H52.C12H25FO3S.Na/c1-3-5-7-9-11-13-15-17-19-21-23-25-24-22-20-18-16-14-12-10-8-6-4-2;13-11-9-7-5-3-1-2-4-6-8-10-12-17(14,15)16;/h3-25H2,1-2H3;1-12H2,(H,14,15,16);/q;;+1/p-1. The first-order chi connectivity index (χ1) is 20.5. The molecule has 0 aliphatic rings. The van der Waals surface area contributed by atoms with Gasteiger partial charge in [0.1, 0.15) is 0 Å². The second-order valence-electron chi connectivity index (χ2n) is 12.9. The summed E-state index contributed by atoms with van der Waals surface area (Å²) in [7, 11) is -4.01. The van der Waals surface area contributed by atoms with Crippen molar-refractivity contribution >= 4 is 10.1 Å². The molecule has 0 fully saturated rings. The van der Waals surface area contributed by atoms with Gasteiger partial charge in [0.05, 0.1) is 16.8 Å². The molecule has 0 heterocycles. The van der Waals surface area contributed by atoms with Crippen molar-refractivity contribution in [3.63, 3.8) is 0 Å². The van der Waals surface area contributed by atoms with E-state index in [1.165, 1.54) is 154 Å². The number of unbranched alkanes of at least 4 members (excludes halogenated alkanes) is 31. The molecule has 0 saturated heterocycles. The Kier molecular flexibility index (Phi) is 48.1. The molecule has 0 N–H and O–H groups in total. The van der Waals surface area contributed by atoms with E-state index in [1.807, 2.05) is 0 Å². The van der Waals surface area contributed by atoms with Crippen LogP contribution in [0.2, 0.25) is 0 Å². The summed E-state index contributed by atoms with van der Waals surface area (Å²) in [6.45, 7) is 4.40. The van der Waals surface area contributed by atoms with E-state index < -0.39 is 10.1 Å². The van der Waals surface area contributed by atoms with Crippen molar-refractivity contribution in [1.29, 1.82) is 0 Å². The van der Waals surface area contributed by atoms with E-state index in [9.17, 15) is 17.4 Å². The van der Waals surface area contributed by atoms with E-state index in [0.29, 0.717) is 12.8 Å². The molecule has 3 nitrogen and oxygen atoms in total. The molecule has 0 rings (SSSR count). The van der Waals surface area contributed by atoms with Crippen LogP contribution >= 0.6 is 0 Å². The largest absolute Gasteiger partial charge is 1.00 e. The SMILES string of the molecule is CCCCCCCCCCCCCCCCCCCCCCCCC.O=S(=O)([O-])CCCCCCCCCCCCF.[Na+]. The fraction of sp³-hybridized carbons (Fsp3) is 1.00. The van der Waals surface area contributed by atoms with Crippen LogP contribution < -0.4 is 29.6 Å². The van der Waals surface area contributed by atoms with Gasteiger partial charge in [0.2, 0.25) is 0 Å². The molecule has 256 valence electrons. The molecule has 0 bridgehead atoms. The maximum absolute atomic E-state index is 11.8. The van der Waals surface area contributed by atoms with Crippen molar-refractivity contribution in [3.05, 3.63) is 0 Å². The maximum atomic E-state index is 11.8. The molecule has 0 aromatic heterocycles. The Balaban J connectivity index is -0.000000779. The van der Waals surface area contributed by atoms with Crippen LogP contribution in [0.4, 0.5) is 4.39 Å². The summed E-state index contributed by atoms with van der Waals surface area (Å²) in [5.41, 5.74) is 0. The molecule has 0 aliphatic carbocycles. The van der Waals surface area contributed by atoms with E-state index in [0.717, 1.165) is 44.9 Å². The zero-order valence-electron chi connectivity index (χ0n) is 29.8. The molecule has 0 saturated carbocycles. The smallest absolute Gasteiger partial charge is 0.748 e. The Hall–Kier alpha value is 0.840. The Morgan fingerprint density at radius 1 is 0.372 bits per heavy atom. The third kappa shape index (κ3) is 52.6. The molecule has 0 spiro atoms. The van der Waals surface area contributed by atoms with Gasteiger partial charge in [-0.3, -0.25) is 4.39 Å². The van der Waals surface area contributed by atoms with Gasteiger partial charge in [-0.05, 0) is 12.8 Å². The average Bonchev–Trinajstić information content (AvgIpc) is 2.96. The van der Waals surface area contributed by atoms with Gasteiger partial charge in [0, 0.05) is 5.75 Å². The number of hydrogen-bond acceptors (Lipinski definition) is 3. The minimum atomic E-state index is -4.01. The second-order valence-corrected chi connectivity index (χ2v) is 14.4. The molecule has 0 unspecified atom stereocenters. The van der Waals surface area contributed by atoms with Crippen LogP contribution in [-0.4, -0.2) is 25.4 Å². The van der Waals surface area contributed by atoms with Gasteiger partial charge in [-0.2, -0.15) is 0 Å². The molecule has 0 aromatic rings. The van der Waals surface area contributed by atoms with Gasteiger partial charge < -0.3 is 4.55 Å². The van der Waals surface area contributed by atoms with Crippen LogP contribution in [-0.2, 0) is 10.1 Å². The number of halogens is 1. The minimum absolute atomic E-state index is 0. The molecule has 6 heteroatoms. The monoisotopic (exact) mass is 643 g/mol. The van der Waals surface area contributed by atoms with Crippen molar-refractivity contribution < 1.29 is 46.9 Å². The van der Waals surface area contributed by atoms with Crippen LogP contribution in [0.1, 0.15) is 226 Å². The quantitative estimate of drug-likeness (QED) is 0.0399. The maximum Gasteiger partial charge on any atom is 1.00 e. The number of alkyl halides is 1. The predicted octanol–water partition coefficient (Wildman–Crippen LogP) is 10.4. The summed E-state index contributed by atoms with van der Waals surface area (Å²) < 4.78 is 42.7. The van der Waals surface area contributed by atoms with Gasteiger partial charge in [-0.1, -0.05) is 213 Å². The van der Waals surface area contributed by atoms with Gasteiger partial charge in [0.25, 0.3) is 0 Å². The van der Waals surface area contributed by atoms with Crippen LogP contribution in [0.3, 0.4) is 0 Å². The van der Waals surface area contributed by atoms with E-state index >= 15 is 0 Å². The Labute approximate surface area is 293 Å². The Morgan fingerprint density at radius 3 is 0.744 bits per heavy atom. The van der Waals surface area contributed by atoms with E-state index in [4.69, 9.17) is 0 Å². The third-order valence-electron chi connectivity index (χ3n) is 8.49. The van der Waals surface area contributed by atoms with E-state index in [2.05, 4.69) is 13.8 Å². The molecule has 43 heavy (non-hydrogen) atoms. The Bertz CT molecular complexity index is 552. The van der Waals surface area contributed by atoms with E-state index in [-0.39, 0.29) is 42.0 Å². The van der Waals surface area contributed by atoms with Gasteiger partial charge in [-0.25, -0.2) is 8.42 Å². The van der Waals surface area contributed by atoms with Crippen molar-refractivity contribution in [2.45, 2.75) is 226 Å². The van der Waals surface area contributed by atoms with Crippen molar-refractivity contribution in [1.82, 2.24) is 0 Å². The summed E-state index contributed by atoms with van der Waals surface area (Å²) in [4.78, 5) is 0. The minimum Gasteiger partial charge on any atom is -0.748 e. The summed E-state index contributed by atoms with van der Waals surface area (Å²) in [5, 5.41) is 0. The van der Waals surface area contributed by atoms with Gasteiger partial charge in [0.15, 0.2) is 0 Å². The molecule has 0 radical (unpaired) electrons. The Morgan fingerprint density at radius 2 is 0.558 bits per heavy atom. The van der Waals surface area contributed by atoms with Crippen molar-refractivity contribution in [2.75, 3.05) is 12.4 Å². The molecular formula is C37H76FNaO3S. The summed E-state index contributed by atoms with van der Waals surface area (Å²) in [5.74, 6) is -0.226. The summed E-state index contributed by atoms with van der Waals surface area (Å²) in [6, 6.07) is 0. The molecule has 0 atom stereocenters. The summed E-state index contributed by atoms with van der Waals surface area (Å²) in [6.07, 6.45) is 43.6. The third-order valence-corrected chi connectivity index (χ3v) is 9.27. The normalized spacial score (nSPS) is 11.3. The van der Waals surface area contributed by atoms with Crippen LogP contribution in [0, 0.1) is 0 Å². The van der Waals surface area contributed by atoms with Crippen LogP contribution in [0.15, 0.2) is 0 Å². The second kappa shape index (κ2) is 42.8. The first-order valence-corrected chi connectivity index (χ1v) is 20.5.